The Morgan fingerprint density at radius 3 is 1.56 bits per heavy atom. The van der Waals surface area contributed by atoms with Gasteiger partial charge in [0.25, 0.3) is 0 Å². The van der Waals surface area contributed by atoms with E-state index in [2.05, 4.69) is 72.6 Å². The molecule has 41 heavy (non-hydrogen) atoms. The first-order valence-electron chi connectivity index (χ1n) is 12.9. The molecule has 0 fully saturated rings. The zero-order chi connectivity index (χ0) is 28.6. The molecule has 6 rings (SSSR count). The van der Waals surface area contributed by atoms with E-state index in [-0.39, 0.29) is 20.1 Å². The predicted molar refractivity (Wildman–Crippen MR) is 152 cm³/mol. The van der Waals surface area contributed by atoms with Gasteiger partial charge >= 0.3 is 0 Å². The fourth-order valence-electron chi connectivity index (χ4n) is 3.85. The molecule has 0 spiro atoms. The number of nitrogens with zero attached hydrogens (tertiary/aromatic N) is 8. The summed E-state index contributed by atoms with van der Waals surface area (Å²) in [5.41, 5.74) is 7.69. The Morgan fingerprint density at radius 1 is 0.707 bits per heavy atom. The summed E-state index contributed by atoms with van der Waals surface area (Å²) in [5.74, 6) is 1.27. The molecule has 0 unspecified atom stereocenters. The van der Waals surface area contributed by atoms with Gasteiger partial charge in [-0.3, -0.25) is 10.1 Å². The Balaban J connectivity index is 0.000000168. The number of benzene rings is 2. The molecule has 4 aromatic heterocycles. The van der Waals surface area contributed by atoms with E-state index >= 15 is 0 Å². The fourth-order valence-corrected chi connectivity index (χ4v) is 3.85. The molecule has 0 aliphatic heterocycles. The number of imidazole rings is 2. The molecule has 2 aromatic carbocycles. The van der Waals surface area contributed by atoms with Gasteiger partial charge in [-0.25, -0.2) is 0 Å². The minimum Gasteiger partial charge on any atom is -0.421 e. The molecule has 1 radical (unpaired) electrons. The molecule has 0 N–H and O–H groups in total. The molecule has 6 aromatic rings. The Morgan fingerprint density at radius 2 is 1.22 bits per heavy atom. The fraction of sp³-hybridized carbons (Fsp3) is 0.219. The second-order valence-corrected chi connectivity index (χ2v) is 9.22. The van der Waals surface area contributed by atoms with E-state index in [0.29, 0.717) is 11.6 Å². The summed E-state index contributed by atoms with van der Waals surface area (Å²) in [6.07, 6.45) is 8.17. The zero-order valence-corrected chi connectivity index (χ0v) is 26.7. The van der Waals surface area contributed by atoms with Gasteiger partial charge < -0.3 is 28.4 Å². The van der Waals surface area contributed by atoms with Gasteiger partial charge in [-0.15, -0.1) is 0 Å². The maximum Gasteiger partial charge on any atom is 0.241 e. The van der Waals surface area contributed by atoms with E-state index in [1.54, 1.807) is 13.1 Å². The summed E-state index contributed by atoms with van der Waals surface area (Å²) in [4.78, 5) is 8.19. The molecule has 213 valence electrons. The Kier molecular flexibility index (Phi) is 11.0. The molecule has 0 saturated carbocycles. The monoisotopic (exact) mass is 722 g/mol. The Labute approximate surface area is 255 Å². The van der Waals surface area contributed by atoms with Crippen molar-refractivity contribution in [1.29, 1.82) is 0 Å². The average molecular weight is 722 g/mol. The van der Waals surface area contributed by atoms with Crippen molar-refractivity contribution in [1.82, 2.24) is 29.3 Å². The molecular formula is C32H33IrN8-3. The first-order chi connectivity index (χ1) is 19.3. The standard InChI is InChI=1S/2C12H13N2.C8H7N4.Ir/c2*1-10-11(2)14(9-13(10)3)12-7-5-4-6-8-12;1-6-10-8(12-11-6)7-4-2-3-5-9-7;/h2*4-7H,1-3H3;2-5H,1H3;/q3*-1;. The summed E-state index contributed by atoms with van der Waals surface area (Å²) in [5, 5.41) is 7.65. The van der Waals surface area contributed by atoms with Crippen LogP contribution in [-0.2, 0) is 34.2 Å². The van der Waals surface area contributed by atoms with E-state index in [1.165, 1.54) is 22.8 Å². The Bertz CT molecular complexity index is 1560. The minimum atomic E-state index is 0. The number of aromatic nitrogens is 8. The predicted octanol–water partition coefficient (Wildman–Crippen LogP) is 3.84. The van der Waals surface area contributed by atoms with Gasteiger partial charge in [-0.05, 0) is 52.6 Å². The second kappa shape index (κ2) is 14.4. The topological polar surface area (TPSA) is 70.4 Å². The molecule has 0 amide bonds. The van der Waals surface area contributed by atoms with Gasteiger partial charge in [0.05, 0.1) is 19.8 Å². The van der Waals surface area contributed by atoms with Crippen LogP contribution in [0.5, 0.6) is 0 Å². The van der Waals surface area contributed by atoms with E-state index in [9.17, 15) is 0 Å². The van der Waals surface area contributed by atoms with Crippen LogP contribution >= 0.6 is 0 Å². The van der Waals surface area contributed by atoms with Gasteiger partial charge in [0, 0.05) is 54.9 Å². The summed E-state index contributed by atoms with van der Waals surface area (Å²) < 4.78 is 8.04. The van der Waals surface area contributed by atoms with E-state index in [0.717, 1.165) is 17.1 Å². The summed E-state index contributed by atoms with van der Waals surface area (Å²) in [7, 11) is 4.00. The summed E-state index contributed by atoms with van der Waals surface area (Å²) in [6.45, 7) is 10.2. The number of rotatable bonds is 3. The van der Waals surface area contributed by atoms with Gasteiger partial charge in [0.2, 0.25) is 12.7 Å². The molecule has 0 aliphatic rings. The van der Waals surface area contributed by atoms with Gasteiger partial charge in [0.1, 0.15) is 0 Å². The van der Waals surface area contributed by atoms with Crippen LogP contribution in [0.15, 0.2) is 72.9 Å². The molecule has 0 saturated heterocycles. The van der Waals surface area contributed by atoms with Gasteiger partial charge in [-0.2, -0.15) is 60.7 Å². The van der Waals surface area contributed by atoms with Gasteiger partial charge in [0.15, 0.2) is 0 Å². The zero-order valence-electron chi connectivity index (χ0n) is 24.3. The second-order valence-electron chi connectivity index (χ2n) is 9.22. The van der Waals surface area contributed by atoms with Crippen LogP contribution in [0.2, 0.25) is 0 Å². The minimum absolute atomic E-state index is 0. The molecule has 0 bridgehead atoms. The van der Waals surface area contributed by atoms with Crippen molar-refractivity contribution in [2.24, 2.45) is 14.1 Å². The van der Waals surface area contributed by atoms with Crippen LogP contribution in [0.1, 0.15) is 28.6 Å². The van der Waals surface area contributed by atoms with Crippen molar-refractivity contribution in [3.05, 3.63) is 126 Å². The molecule has 9 heteroatoms. The summed E-state index contributed by atoms with van der Waals surface area (Å²) in [6, 6.07) is 27.8. The molecule has 4 heterocycles. The quantitative estimate of drug-likeness (QED) is 0.206. The molecule has 0 aliphatic carbocycles. The third-order valence-electron chi connectivity index (χ3n) is 6.54. The van der Waals surface area contributed by atoms with E-state index in [1.807, 2.05) is 99.1 Å². The maximum atomic E-state index is 4.10. The number of hydrogen-bond acceptors (Lipinski definition) is 3. The third kappa shape index (κ3) is 7.72. The van der Waals surface area contributed by atoms with Gasteiger partial charge in [-0.1, -0.05) is 17.4 Å². The van der Waals surface area contributed by atoms with Crippen LogP contribution in [0.25, 0.3) is 22.9 Å². The number of pyridine rings is 1. The van der Waals surface area contributed by atoms with Crippen LogP contribution in [0.3, 0.4) is 0 Å². The normalized spacial score (nSPS) is 10.1. The number of aryl methyl sites for hydroxylation is 3. The van der Waals surface area contributed by atoms with Crippen LogP contribution in [0, 0.1) is 59.4 Å². The van der Waals surface area contributed by atoms with E-state index < -0.39 is 0 Å². The smallest absolute Gasteiger partial charge is 0.241 e. The third-order valence-corrected chi connectivity index (χ3v) is 6.54. The maximum absolute atomic E-state index is 4.10. The van der Waals surface area contributed by atoms with Crippen molar-refractivity contribution >= 4 is 0 Å². The van der Waals surface area contributed by atoms with Crippen LogP contribution in [0.4, 0.5) is 0 Å². The molecule has 8 nitrogen and oxygen atoms in total. The largest absolute Gasteiger partial charge is 0.421 e. The van der Waals surface area contributed by atoms with Crippen molar-refractivity contribution in [3.8, 4) is 22.9 Å². The number of para-hydroxylation sites is 2. The first-order valence-corrected chi connectivity index (χ1v) is 12.9. The van der Waals surface area contributed by atoms with Crippen molar-refractivity contribution in [2.45, 2.75) is 34.6 Å². The summed E-state index contributed by atoms with van der Waals surface area (Å²) >= 11 is 0. The van der Waals surface area contributed by atoms with E-state index in [4.69, 9.17) is 0 Å². The number of hydrogen-bond donors (Lipinski definition) is 0. The van der Waals surface area contributed by atoms with Crippen LogP contribution < -0.4 is 14.2 Å². The van der Waals surface area contributed by atoms with Crippen LogP contribution in [-0.4, -0.2) is 24.2 Å². The molecular weight excluding hydrogens is 689 g/mol. The first kappa shape index (κ1) is 31.3. The average Bonchev–Trinajstić information content (AvgIpc) is 3.63. The SMILES string of the molecule is Cc1c(C)[n+](C)[c-]n1-c1[c-]cccc1.Cc1c(C)[n+](C)[c-]n1-c1[c-]cccc1.Cc1n[n-]c(-c2ccccn2)n1.[Ir]. The molecule has 0 atom stereocenters. The Hall–Kier alpha value is -4.20. The van der Waals surface area contributed by atoms with Crippen molar-refractivity contribution < 1.29 is 29.2 Å². The van der Waals surface area contributed by atoms with Crippen molar-refractivity contribution in [3.63, 3.8) is 0 Å². The van der Waals surface area contributed by atoms with Crippen molar-refractivity contribution in [2.75, 3.05) is 0 Å².